The second-order valence-corrected chi connectivity index (χ2v) is 7.16. The number of halogens is 1. The minimum atomic E-state index is -0.232. The second kappa shape index (κ2) is 7.89. The highest BCUT2D eigenvalue weighted by Crippen LogP contribution is 2.30. The number of aromatic nitrogens is 2. The number of hydrogen-bond donors (Lipinski definition) is 1. The number of Topliss-reactive ketones (excluding diaryl/α,β-unsaturated/α-hetero) is 1. The number of nitrogens with one attached hydrogen (secondary N) is 1. The lowest BCUT2D eigenvalue weighted by molar-refractivity contribution is -0.116. The van der Waals surface area contributed by atoms with Crippen LogP contribution in [0.4, 0.5) is 5.69 Å². The van der Waals surface area contributed by atoms with Gasteiger partial charge in [0, 0.05) is 27.2 Å². The highest BCUT2D eigenvalue weighted by molar-refractivity contribution is 6.31. The van der Waals surface area contributed by atoms with Gasteiger partial charge in [0.1, 0.15) is 12.2 Å². The van der Waals surface area contributed by atoms with Gasteiger partial charge in [0.15, 0.2) is 5.78 Å². The summed E-state index contributed by atoms with van der Waals surface area (Å²) in [6.45, 7) is 1.53. The van der Waals surface area contributed by atoms with Crippen molar-refractivity contribution in [3.05, 3.63) is 83.4 Å². The predicted octanol–water partition coefficient (Wildman–Crippen LogP) is 5.20. The molecule has 0 radical (unpaired) electrons. The summed E-state index contributed by atoms with van der Waals surface area (Å²) in [6, 6.07) is 22.2. The Morgan fingerprint density at radius 3 is 2.55 bits per heavy atom. The molecule has 1 heterocycles. The molecule has 144 valence electrons. The van der Waals surface area contributed by atoms with Crippen LogP contribution in [0.15, 0.2) is 72.8 Å². The van der Waals surface area contributed by atoms with Crippen LogP contribution >= 0.6 is 11.6 Å². The Morgan fingerprint density at radius 1 is 1.00 bits per heavy atom. The molecule has 3 aromatic carbocycles. The Hall–Kier alpha value is -3.44. The lowest BCUT2D eigenvalue weighted by atomic mass is 10.1. The lowest BCUT2D eigenvalue weighted by Crippen LogP contribution is -2.19. The maximum Gasteiger partial charge on any atom is 0.246 e. The number of carbonyl (C=O) groups excluding carboxylic acids is 2. The fourth-order valence-electron chi connectivity index (χ4n) is 3.23. The van der Waals surface area contributed by atoms with Gasteiger partial charge in [-0.05, 0) is 37.3 Å². The molecule has 0 spiro atoms. The van der Waals surface area contributed by atoms with Crippen LogP contribution in [0.25, 0.3) is 22.2 Å². The van der Waals surface area contributed by atoms with E-state index in [4.69, 9.17) is 11.6 Å². The SMILES string of the molecule is CC(=O)c1cccc(NC(=O)Cn2nc(-c3ccccc3)c3cc(Cl)ccc32)c1. The van der Waals surface area contributed by atoms with Crippen LogP contribution in [0.2, 0.25) is 5.02 Å². The summed E-state index contributed by atoms with van der Waals surface area (Å²) in [5.74, 6) is -0.284. The van der Waals surface area contributed by atoms with Gasteiger partial charge in [-0.25, -0.2) is 0 Å². The molecular formula is C23H18ClN3O2. The number of anilines is 1. The van der Waals surface area contributed by atoms with E-state index in [1.165, 1.54) is 6.92 Å². The first-order valence-electron chi connectivity index (χ1n) is 9.13. The molecule has 0 aliphatic carbocycles. The van der Waals surface area contributed by atoms with Gasteiger partial charge in [-0.15, -0.1) is 0 Å². The molecule has 1 amide bonds. The van der Waals surface area contributed by atoms with Crippen LogP contribution in [0.5, 0.6) is 0 Å². The summed E-state index contributed by atoms with van der Waals surface area (Å²) in [6.07, 6.45) is 0. The Morgan fingerprint density at radius 2 is 1.79 bits per heavy atom. The molecule has 5 nitrogen and oxygen atoms in total. The number of benzene rings is 3. The average molecular weight is 404 g/mol. The Kier molecular flexibility index (Phi) is 5.14. The van der Waals surface area contributed by atoms with Gasteiger partial charge in [-0.1, -0.05) is 54.1 Å². The summed E-state index contributed by atoms with van der Waals surface area (Å²) in [5, 5.41) is 9.00. The molecule has 0 unspecified atom stereocenters. The maximum atomic E-state index is 12.6. The van der Waals surface area contributed by atoms with E-state index in [1.807, 2.05) is 42.5 Å². The van der Waals surface area contributed by atoms with Crippen molar-refractivity contribution in [1.29, 1.82) is 0 Å². The van der Waals surface area contributed by atoms with Gasteiger partial charge >= 0.3 is 0 Å². The zero-order chi connectivity index (χ0) is 20.4. The number of hydrogen-bond acceptors (Lipinski definition) is 3. The van der Waals surface area contributed by atoms with Crippen LogP contribution in [0.3, 0.4) is 0 Å². The molecular weight excluding hydrogens is 386 g/mol. The fourth-order valence-corrected chi connectivity index (χ4v) is 3.41. The summed E-state index contributed by atoms with van der Waals surface area (Å²) >= 11 is 6.20. The molecule has 1 aromatic heterocycles. The molecule has 6 heteroatoms. The van der Waals surface area contributed by atoms with E-state index in [-0.39, 0.29) is 18.2 Å². The van der Waals surface area contributed by atoms with Crippen molar-refractivity contribution in [3.8, 4) is 11.3 Å². The fraction of sp³-hybridized carbons (Fsp3) is 0.0870. The van der Waals surface area contributed by atoms with E-state index in [9.17, 15) is 9.59 Å². The number of carbonyl (C=O) groups is 2. The van der Waals surface area contributed by atoms with Crippen molar-refractivity contribution in [2.24, 2.45) is 0 Å². The first-order valence-corrected chi connectivity index (χ1v) is 9.51. The molecule has 4 aromatic rings. The molecule has 4 rings (SSSR count). The van der Waals surface area contributed by atoms with E-state index >= 15 is 0 Å². The van der Waals surface area contributed by atoms with Crippen molar-refractivity contribution in [2.75, 3.05) is 5.32 Å². The van der Waals surface area contributed by atoms with E-state index < -0.39 is 0 Å². The number of fused-ring (bicyclic) bond motifs is 1. The van der Waals surface area contributed by atoms with E-state index in [0.29, 0.717) is 16.3 Å². The zero-order valence-corrected chi connectivity index (χ0v) is 16.5. The quantitative estimate of drug-likeness (QED) is 0.466. The summed E-state index contributed by atoms with van der Waals surface area (Å²) < 4.78 is 1.66. The average Bonchev–Trinajstić information content (AvgIpc) is 3.06. The third kappa shape index (κ3) is 4.05. The van der Waals surface area contributed by atoms with Crippen molar-refractivity contribution < 1.29 is 9.59 Å². The van der Waals surface area contributed by atoms with Crippen molar-refractivity contribution in [2.45, 2.75) is 13.5 Å². The minimum absolute atomic E-state index is 0.0370. The largest absolute Gasteiger partial charge is 0.324 e. The van der Waals surface area contributed by atoms with Gasteiger partial charge < -0.3 is 5.32 Å². The van der Waals surface area contributed by atoms with Gasteiger partial charge in [0.25, 0.3) is 0 Å². The molecule has 1 N–H and O–H groups in total. The lowest BCUT2D eigenvalue weighted by Gasteiger charge is -2.07. The molecule has 0 fully saturated rings. The van der Waals surface area contributed by atoms with Crippen LogP contribution in [0, 0.1) is 0 Å². The third-order valence-corrected chi connectivity index (χ3v) is 4.84. The number of rotatable bonds is 5. The summed E-state index contributed by atoms with van der Waals surface area (Å²) in [7, 11) is 0. The van der Waals surface area contributed by atoms with Gasteiger partial charge in [-0.3, -0.25) is 14.3 Å². The van der Waals surface area contributed by atoms with Crippen LogP contribution in [-0.4, -0.2) is 21.5 Å². The minimum Gasteiger partial charge on any atom is -0.324 e. The maximum absolute atomic E-state index is 12.6. The molecule has 0 bridgehead atoms. The molecule has 29 heavy (non-hydrogen) atoms. The second-order valence-electron chi connectivity index (χ2n) is 6.72. The third-order valence-electron chi connectivity index (χ3n) is 4.61. The summed E-state index contributed by atoms with van der Waals surface area (Å²) in [4.78, 5) is 24.2. The number of nitrogens with zero attached hydrogens (tertiary/aromatic N) is 2. The van der Waals surface area contributed by atoms with E-state index in [2.05, 4.69) is 10.4 Å². The first-order chi connectivity index (χ1) is 14.0. The monoisotopic (exact) mass is 403 g/mol. The van der Waals surface area contributed by atoms with Crippen molar-refractivity contribution in [1.82, 2.24) is 9.78 Å². The standard InChI is InChI=1S/C23H18ClN3O2/c1-15(28)17-8-5-9-19(12-17)25-22(29)14-27-21-11-10-18(24)13-20(21)23(26-27)16-6-3-2-4-7-16/h2-13H,14H2,1H3,(H,25,29). The highest BCUT2D eigenvalue weighted by Gasteiger charge is 2.15. The molecule has 0 aliphatic rings. The van der Waals surface area contributed by atoms with Crippen LogP contribution in [0.1, 0.15) is 17.3 Å². The van der Waals surface area contributed by atoms with Crippen molar-refractivity contribution >= 4 is 39.9 Å². The molecule has 0 saturated carbocycles. The highest BCUT2D eigenvalue weighted by atomic mass is 35.5. The number of amides is 1. The topological polar surface area (TPSA) is 64.0 Å². The molecule has 0 atom stereocenters. The van der Waals surface area contributed by atoms with Gasteiger partial charge in [-0.2, -0.15) is 5.10 Å². The molecule has 0 aliphatic heterocycles. The smallest absolute Gasteiger partial charge is 0.246 e. The van der Waals surface area contributed by atoms with Gasteiger partial charge in [0.05, 0.1) is 5.52 Å². The van der Waals surface area contributed by atoms with Crippen LogP contribution < -0.4 is 5.32 Å². The predicted molar refractivity (Wildman–Crippen MR) is 115 cm³/mol. The zero-order valence-electron chi connectivity index (χ0n) is 15.7. The van der Waals surface area contributed by atoms with E-state index in [0.717, 1.165) is 22.2 Å². The van der Waals surface area contributed by atoms with E-state index in [1.54, 1.807) is 35.0 Å². The first kappa shape index (κ1) is 18.9. The Bertz CT molecular complexity index is 1220. The van der Waals surface area contributed by atoms with Crippen molar-refractivity contribution in [3.63, 3.8) is 0 Å². The molecule has 0 saturated heterocycles. The van der Waals surface area contributed by atoms with Crippen LogP contribution in [-0.2, 0) is 11.3 Å². The Labute approximate surface area is 172 Å². The normalized spacial score (nSPS) is 10.8. The van der Waals surface area contributed by atoms with Gasteiger partial charge in [0.2, 0.25) is 5.91 Å². The number of ketones is 1. The Balaban J connectivity index is 1.65. The summed E-state index contributed by atoms with van der Waals surface area (Å²) in [5.41, 5.74) is 3.67.